The molecule has 0 spiro atoms. The van der Waals surface area contributed by atoms with E-state index in [0.717, 1.165) is 59.8 Å². The molecule has 0 bridgehead atoms. The quantitative estimate of drug-likeness (QED) is 0.378. The minimum absolute atomic E-state index is 0.210. The number of hydrogen-bond donors (Lipinski definition) is 1. The van der Waals surface area contributed by atoms with E-state index in [9.17, 15) is 19.2 Å². The fourth-order valence-corrected chi connectivity index (χ4v) is 6.37. The molecule has 10 heteroatoms. The van der Waals surface area contributed by atoms with Gasteiger partial charge in [0.1, 0.15) is 6.04 Å². The third kappa shape index (κ3) is 5.23. The Morgan fingerprint density at radius 1 is 1.05 bits per heavy atom. The number of rotatable bonds is 5. The van der Waals surface area contributed by atoms with Crippen molar-refractivity contribution in [1.82, 2.24) is 25.2 Å². The molecule has 4 heterocycles. The topological polar surface area (TPSA) is 118 Å². The third-order valence-corrected chi connectivity index (χ3v) is 9.00. The predicted octanol–water partition coefficient (Wildman–Crippen LogP) is 3.78. The SMILES string of the molecule is CC1(C)CCC1.O=CN1CCC(n2cc(Cc3ccc4c5c(cccc35)C(=O)N4C3CCC(=O)NC3=O)nn2)CC1. The monoisotopic (exact) mass is 556 g/mol. The normalized spacial score (nSPS) is 21.8. The molecule has 41 heavy (non-hydrogen) atoms. The van der Waals surface area contributed by atoms with Gasteiger partial charge < -0.3 is 4.90 Å². The highest BCUT2D eigenvalue weighted by Gasteiger charge is 2.40. The lowest BCUT2D eigenvalue weighted by Gasteiger charge is -2.33. The van der Waals surface area contributed by atoms with E-state index >= 15 is 0 Å². The van der Waals surface area contributed by atoms with E-state index in [1.54, 1.807) is 11.0 Å². The molecule has 1 unspecified atom stereocenters. The van der Waals surface area contributed by atoms with Crippen molar-refractivity contribution in [3.63, 3.8) is 0 Å². The molecule has 1 aliphatic carbocycles. The zero-order valence-corrected chi connectivity index (χ0v) is 23.6. The fourth-order valence-electron chi connectivity index (χ4n) is 6.37. The Labute approximate surface area is 239 Å². The molecule has 2 aromatic carbocycles. The van der Waals surface area contributed by atoms with Crippen molar-refractivity contribution >= 4 is 40.6 Å². The van der Waals surface area contributed by atoms with Crippen molar-refractivity contribution in [3.8, 4) is 0 Å². The van der Waals surface area contributed by atoms with Gasteiger partial charge in [0.05, 0.1) is 17.4 Å². The molecule has 4 amide bonds. The predicted molar refractivity (Wildman–Crippen MR) is 153 cm³/mol. The van der Waals surface area contributed by atoms with Gasteiger partial charge in [-0.15, -0.1) is 5.10 Å². The maximum Gasteiger partial charge on any atom is 0.259 e. The molecule has 1 atom stereocenters. The van der Waals surface area contributed by atoms with Crippen LogP contribution in [-0.4, -0.2) is 63.2 Å². The number of likely N-dealkylation sites (tertiary alicyclic amines) is 1. The van der Waals surface area contributed by atoms with Gasteiger partial charge in [-0.2, -0.15) is 0 Å². The smallest absolute Gasteiger partial charge is 0.259 e. The van der Waals surface area contributed by atoms with Crippen LogP contribution in [0.25, 0.3) is 10.8 Å². The number of imide groups is 1. The molecular formula is C31H36N6O4. The summed E-state index contributed by atoms with van der Waals surface area (Å²) in [5.74, 6) is -0.960. The van der Waals surface area contributed by atoms with Gasteiger partial charge in [0.2, 0.25) is 18.2 Å². The van der Waals surface area contributed by atoms with Gasteiger partial charge in [-0.1, -0.05) is 43.7 Å². The molecule has 1 aromatic heterocycles. The second-order valence-corrected chi connectivity index (χ2v) is 12.4. The number of carbonyl (C=O) groups excluding carboxylic acids is 4. The number of piperidine rings is 2. The number of nitrogens with one attached hydrogen (secondary N) is 1. The zero-order chi connectivity index (χ0) is 28.7. The second-order valence-electron chi connectivity index (χ2n) is 12.4. The van der Waals surface area contributed by atoms with Crippen molar-refractivity contribution in [1.29, 1.82) is 0 Å². The zero-order valence-electron chi connectivity index (χ0n) is 23.6. The highest BCUT2D eigenvalue weighted by molar-refractivity contribution is 6.27. The molecule has 0 radical (unpaired) electrons. The standard InChI is InChI=1S/C25H24N6O4.C6H12/c32-14-29-10-8-17(9-11-29)30-13-16(27-28-30)12-15-4-5-20-23-18(15)2-1-3-19(23)25(35)31(20)21-6-7-22(33)26-24(21)34;1-6(2)4-3-5-6/h1-5,13-14,17,21H,6-12H2,(H,26,33,34);3-5H2,1-2H3. The van der Waals surface area contributed by atoms with Crippen LogP contribution < -0.4 is 10.2 Å². The summed E-state index contributed by atoms with van der Waals surface area (Å²) >= 11 is 0. The summed E-state index contributed by atoms with van der Waals surface area (Å²) in [7, 11) is 0. The average Bonchev–Trinajstić information content (AvgIpc) is 3.53. The Hall–Kier alpha value is -4.08. The number of carbonyl (C=O) groups is 4. The first-order valence-electron chi connectivity index (χ1n) is 14.6. The molecule has 1 N–H and O–H groups in total. The maximum atomic E-state index is 13.3. The Kier molecular flexibility index (Phi) is 7.09. The minimum Gasteiger partial charge on any atom is -0.345 e. The largest absolute Gasteiger partial charge is 0.345 e. The first-order valence-corrected chi connectivity index (χ1v) is 14.6. The van der Waals surface area contributed by atoms with Crippen LogP contribution in [-0.2, 0) is 20.8 Å². The summed E-state index contributed by atoms with van der Waals surface area (Å²) in [4.78, 5) is 51.7. The van der Waals surface area contributed by atoms with E-state index in [4.69, 9.17) is 0 Å². The van der Waals surface area contributed by atoms with Crippen LogP contribution in [0.1, 0.15) is 86.5 Å². The van der Waals surface area contributed by atoms with E-state index in [-0.39, 0.29) is 24.3 Å². The number of aromatic nitrogens is 3. The van der Waals surface area contributed by atoms with Crippen molar-refractivity contribution in [2.45, 2.75) is 77.3 Å². The second kappa shape index (κ2) is 10.7. The summed E-state index contributed by atoms with van der Waals surface area (Å²) in [5.41, 5.74) is 3.83. The van der Waals surface area contributed by atoms with Gasteiger partial charge in [-0.3, -0.25) is 29.4 Å². The minimum atomic E-state index is -0.702. The van der Waals surface area contributed by atoms with Crippen molar-refractivity contribution in [2.24, 2.45) is 5.41 Å². The molecule has 2 saturated heterocycles. The first-order chi connectivity index (χ1) is 19.7. The van der Waals surface area contributed by atoms with Crippen LogP contribution in [0.5, 0.6) is 0 Å². The van der Waals surface area contributed by atoms with Gasteiger partial charge >= 0.3 is 0 Å². The number of benzene rings is 2. The summed E-state index contributed by atoms with van der Waals surface area (Å²) in [6.45, 7) is 6.10. The van der Waals surface area contributed by atoms with Gasteiger partial charge in [-0.05, 0) is 60.6 Å². The van der Waals surface area contributed by atoms with Gasteiger partial charge in [0, 0.05) is 43.1 Å². The van der Waals surface area contributed by atoms with Crippen LogP contribution in [0.3, 0.4) is 0 Å². The number of nitrogens with zero attached hydrogens (tertiary/aromatic N) is 5. The highest BCUT2D eigenvalue weighted by atomic mass is 16.2. The van der Waals surface area contributed by atoms with Crippen LogP contribution in [0.2, 0.25) is 0 Å². The summed E-state index contributed by atoms with van der Waals surface area (Å²) in [5, 5.41) is 12.8. The Balaban J connectivity index is 0.000000449. The maximum absolute atomic E-state index is 13.3. The molecule has 3 fully saturated rings. The summed E-state index contributed by atoms with van der Waals surface area (Å²) in [6, 6.07) is 9.00. The van der Waals surface area contributed by atoms with E-state index in [1.165, 1.54) is 24.2 Å². The average molecular weight is 557 g/mol. The molecule has 3 aliphatic heterocycles. The van der Waals surface area contributed by atoms with E-state index < -0.39 is 11.9 Å². The number of anilines is 1. The van der Waals surface area contributed by atoms with Crippen LogP contribution in [0.15, 0.2) is 36.5 Å². The van der Waals surface area contributed by atoms with E-state index in [2.05, 4.69) is 29.5 Å². The lowest BCUT2D eigenvalue weighted by Crippen LogP contribution is -2.53. The number of amides is 4. The van der Waals surface area contributed by atoms with E-state index in [0.29, 0.717) is 24.1 Å². The van der Waals surface area contributed by atoms with Crippen LogP contribution >= 0.6 is 0 Å². The lowest BCUT2D eigenvalue weighted by atomic mass is 9.72. The first kappa shape index (κ1) is 27.1. The Morgan fingerprint density at radius 2 is 1.80 bits per heavy atom. The van der Waals surface area contributed by atoms with Gasteiger partial charge in [0.15, 0.2) is 0 Å². The molecule has 214 valence electrons. The van der Waals surface area contributed by atoms with Gasteiger partial charge in [-0.25, -0.2) is 4.68 Å². The van der Waals surface area contributed by atoms with E-state index in [1.807, 2.05) is 35.1 Å². The summed E-state index contributed by atoms with van der Waals surface area (Å²) < 4.78 is 1.89. The fraction of sp³-hybridized carbons (Fsp3) is 0.484. The molecule has 7 rings (SSSR count). The molecule has 4 aliphatic rings. The summed E-state index contributed by atoms with van der Waals surface area (Å²) in [6.07, 6.45) is 9.99. The van der Waals surface area contributed by atoms with Crippen molar-refractivity contribution in [2.75, 3.05) is 18.0 Å². The Bertz CT molecular complexity index is 1510. The molecule has 1 saturated carbocycles. The highest BCUT2D eigenvalue weighted by Crippen LogP contribution is 2.41. The number of hydrogen-bond acceptors (Lipinski definition) is 6. The Morgan fingerprint density at radius 3 is 2.46 bits per heavy atom. The molecule has 3 aromatic rings. The van der Waals surface area contributed by atoms with Crippen LogP contribution in [0, 0.1) is 5.41 Å². The molecule has 10 nitrogen and oxygen atoms in total. The van der Waals surface area contributed by atoms with Gasteiger partial charge in [0.25, 0.3) is 5.91 Å². The van der Waals surface area contributed by atoms with Crippen molar-refractivity contribution < 1.29 is 19.2 Å². The van der Waals surface area contributed by atoms with Crippen molar-refractivity contribution in [3.05, 3.63) is 53.3 Å². The third-order valence-electron chi connectivity index (χ3n) is 9.00. The molecular weight excluding hydrogens is 520 g/mol. The van der Waals surface area contributed by atoms with Crippen LogP contribution in [0.4, 0.5) is 5.69 Å². The lowest BCUT2D eigenvalue weighted by molar-refractivity contribution is -0.134.